The fraction of sp³-hybridized carbons (Fsp3) is 0.250. The summed E-state index contributed by atoms with van der Waals surface area (Å²) in [5.41, 5.74) is 2.13. The lowest BCUT2D eigenvalue weighted by Gasteiger charge is -2.09. The number of carbonyl (C=O) groups is 1. The number of benzene rings is 1. The van der Waals surface area contributed by atoms with E-state index in [1.807, 2.05) is 31.2 Å². The van der Waals surface area contributed by atoms with E-state index in [-0.39, 0.29) is 24.4 Å². The Bertz CT molecular complexity index is 926. The summed E-state index contributed by atoms with van der Waals surface area (Å²) in [6, 6.07) is 7.57. The molecule has 2 aromatic heterocycles. The van der Waals surface area contributed by atoms with Crippen molar-refractivity contribution in [1.29, 1.82) is 0 Å². The normalized spacial score (nSPS) is 10.9. The summed E-state index contributed by atoms with van der Waals surface area (Å²) in [7, 11) is 1.73. The van der Waals surface area contributed by atoms with E-state index in [4.69, 9.17) is 0 Å². The summed E-state index contributed by atoms with van der Waals surface area (Å²) in [5.74, 6) is -0.141. The zero-order valence-electron chi connectivity index (χ0n) is 13.0. The maximum absolute atomic E-state index is 12.3. The molecule has 0 unspecified atom stereocenters. The van der Waals surface area contributed by atoms with Crippen molar-refractivity contribution in [1.82, 2.24) is 19.3 Å². The molecule has 0 bridgehead atoms. The van der Waals surface area contributed by atoms with Crippen molar-refractivity contribution < 1.29 is 4.79 Å². The van der Waals surface area contributed by atoms with Crippen molar-refractivity contribution in [2.45, 2.75) is 19.9 Å². The predicted molar refractivity (Wildman–Crippen MR) is 87.2 cm³/mol. The molecule has 0 atom stereocenters. The van der Waals surface area contributed by atoms with Gasteiger partial charge in [0.2, 0.25) is 5.91 Å². The van der Waals surface area contributed by atoms with Crippen LogP contribution in [-0.4, -0.2) is 25.2 Å². The second kappa shape index (κ2) is 6.04. The van der Waals surface area contributed by atoms with Crippen LogP contribution in [-0.2, 0) is 18.4 Å². The lowest BCUT2D eigenvalue weighted by molar-refractivity contribution is -0.116. The molecule has 0 saturated carbocycles. The van der Waals surface area contributed by atoms with Crippen LogP contribution in [0.5, 0.6) is 0 Å². The van der Waals surface area contributed by atoms with Gasteiger partial charge in [-0.3, -0.25) is 18.8 Å². The number of anilines is 1. The number of fused-ring (bicyclic) bond motifs is 1. The van der Waals surface area contributed by atoms with Crippen molar-refractivity contribution in [2.75, 3.05) is 5.32 Å². The maximum Gasteiger partial charge on any atom is 0.264 e. The Morgan fingerprint density at radius 3 is 2.87 bits per heavy atom. The average molecular weight is 311 g/mol. The Hall–Kier alpha value is -2.96. The molecule has 1 aromatic carbocycles. The number of hydrogen-bond acceptors (Lipinski definition) is 4. The third-order valence-corrected chi connectivity index (χ3v) is 3.72. The monoisotopic (exact) mass is 311 g/mol. The molecular formula is C16H17N5O2. The molecule has 118 valence electrons. The van der Waals surface area contributed by atoms with Gasteiger partial charge in [-0.2, -0.15) is 5.10 Å². The zero-order valence-corrected chi connectivity index (χ0v) is 13.0. The Morgan fingerprint density at radius 2 is 2.09 bits per heavy atom. The van der Waals surface area contributed by atoms with Crippen molar-refractivity contribution in [3.63, 3.8) is 0 Å². The van der Waals surface area contributed by atoms with E-state index in [1.54, 1.807) is 11.7 Å². The van der Waals surface area contributed by atoms with E-state index in [9.17, 15) is 9.59 Å². The standard InChI is InChI=1S/C16H17N5O2/c1-11-5-3-4-6-13(11)19-14(22)7-8-21-10-17-15-12(16(21)23)9-18-20(15)2/h3-6,9-10H,7-8H2,1-2H3,(H,19,22). The molecule has 3 rings (SSSR count). The fourth-order valence-electron chi connectivity index (χ4n) is 2.37. The summed E-state index contributed by atoms with van der Waals surface area (Å²) < 4.78 is 2.98. The van der Waals surface area contributed by atoms with Gasteiger partial charge in [-0.05, 0) is 18.6 Å². The first kappa shape index (κ1) is 15.0. The van der Waals surface area contributed by atoms with Gasteiger partial charge < -0.3 is 5.32 Å². The molecule has 0 spiro atoms. The number of nitrogens with one attached hydrogen (secondary N) is 1. The molecule has 1 N–H and O–H groups in total. The van der Waals surface area contributed by atoms with Crippen LogP contribution < -0.4 is 10.9 Å². The summed E-state index contributed by atoms with van der Waals surface area (Å²) in [4.78, 5) is 28.6. The Labute approximate surface area is 132 Å². The molecular weight excluding hydrogens is 294 g/mol. The summed E-state index contributed by atoms with van der Waals surface area (Å²) in [5, 5.41) is 7.32. The van der Waals surface area contributed by atoms with Gasteiger partial charge in [0.15, 0.2) is 5.65 Å². The minimum atomic E-state index is -0.188. The van der Waals surface area contributed by atoms with Gasteiger partial charge in [0.05, 0.1) is 12.5 Å². The van der Waals surface area contributed by atoms with Crippen molar-refractivity contribution in [3.05, 3.63) is 52.7 Å². The van der Waals surface area contributed by atoms with Crippen LogP contribution in [0.2, 0.25) is 0 Å². The first-order valence-electron chi connectivity index (χ1n) is 7.29. The Kier molecular flexibility index (Phi) is 3.92. The van der Waals surface area contributed by atoms with Gasteiger partial charge in [0.1, 0.15) is 5.39 Å². The second-order valence-corrected chi connectivity index (χ2v) is 5.36. The zero-order chi connectivity index (χ0) is 16.4. The molecule has 0 aliphatic rings. The number of para-hydroxylation sites is 1. The van der Waals surface area contributed by atoms with Crippen molar-refractivity contribution in [2.24, 2.45) is 7.05 Å². The second-order valence-electron chi connectivity index (χ2n) is 5.36. The van der Waals surface area contributed by atoms with Crippen molar-refractivity contribution >= 4 is 22.6 Å². The number of aryl methyl sites for hydroxylation is 3. The smallest absolute Gasteiger partial charge is 0.264 e. The highest BCUT2D eigenvalue weighted by Gasteiger charge is 2.10. The molecule has 0 aliphatic carbocycles. The van der Waals surface area contributed by atoms with Gasteiger partial charge in [0, 0.05) is 25.7 Å². The molecule has 7 nitrogen and oxygen atoms in total. The largest absolute Gasteiger partial charge is 0.326 e. The van der Waals surface area contributed by atoms with Gasteiger partial charge in [-0.15, -0.1) is 0 Å². The molecule has 0 radical (unpaired) electrons. The highest BCUT2D eigenvalue weighted by molar-refractivity contribution is 5.91. The number of hydrogen-bond donors (Lipinski definition) is 1. The molecule has 0 saturated heterocycles. The number of carbonyl (C=O) groups excluding carboxylic acids is 1. The van der Waals surface area contributed by atoms with E-state index in [2.05, 4.69) is 15.4 Å². The quantitative estimate of drug-likeness (QED) is 0.791. The Morgan fingerprint density at radius 1 is 1.30 bits per heavy atom. The number of amides is 1. The minimum absolute atomic E-state index is 0.141. The van der Waals surface area contributed by atoms with Crippen LogP contribution in [0.4, 0.5) is 5.69 Å². The van der Waals surface area contributed by atoms with E-state index in [1.165, 1.54) is 17.1 Å². The van der Waals surface area contributed by atoms with E-state index >= 15 is 0 Å². The van der Waals surface area contributed by atoms with Crippen LogP contribution in [0.1, 0.15) is 12.0 Å². The van der Waals surface area contributed by atoms with Gasteiger partial charge in [0.25, 0.3) is 5.56 Å². The lowest BCUT2D eigenvalue weighted by Crippen LogP contribution is -2.23. The number of nitrogens with zero attached hydrogens (tertiary/aromatic N) is 4. The van der Waals surface area contributed by atoms with Crippen LogP contribution >= 0.6 is 0 Å². The minimum Gasteiger partial charge on any atom is -0.326 e. The summed E-state index contributed by atoms with van der Waals surface area (Å²) in [6.07, 6.45) is 3.14. The molecule has 0 aliphatic heterocycles. The third-order valence-electron chi connectivity index (χ3n) is 3.72. The lowest BCUT2D eigenvalue weighted by atomic mass is 10.2. The van der Waals surface area contributed by atoms with Crippen LogP contribution in [0.25, 0.3) is 11.0 Å². The molecule has 1 amide bonds. The molecule has 3 aromatic rings. The molecule has 0 fully saturated rings. The van der Waals surface area contributed by atoms with E-state index < -0.39 is 0 Å². The first-order valence-corrected chi connectivity index (χ1v) is 7.29. The van der Waals surface area contributed by atoms with Gasteiger partial charge >= 0.3 is 0 Å². The third kappa shape index (κ3) is 2.98. The summed E-state index contributed by atoms with van der Waals surface area (Å²) >= 11 is 0. The predicted octanol–water partition coefficient (Wildman–Crippen LogP) is 1.47. The average Bonchev–Trinajstić information content (AvgIpc) is 2.91. The van der Waals surface area contributed by atoms with E-state index in [0.29, 0.717) is 11.0 Å². The number of aromatic nitrogens is 4. The summed E-state index contributed by atoms with van der Waals surface area (Å²) in [6.45, 7) is 2.20. The topological polar surface area (TPSA) is 81.8 Å². The maximum atomic E-state index is 12.3. The van der Waals surface area contributed by atoms with Crippen LogP contribution in [0, 0.1) is 6.92 Å². The van der Waals surface area contributed by atoms with Crippen molar-refractivity contribution in [3.8, 4) is 0 Å². The number of rotatable bonds is 4. The first-order chi connectivity index (χ1) is 11.1. The van der Waals surface area contributed by atoms with Crippen LogP contribution in [0.3, 0.4) is 0 Å². The highest BCUT2D eigenvalue weighted by atomic mass is 16.2. The van der Waals surface area contributed by atoms with Crippen LogP contribution in [0.15, 0.2) is 41.6 Å². The van der Waals surface area contributed by atoms with Gasteiger partial charge in [-0.1, -0.05) is 18.2 Å². The highest BCUT2D eigenvalue weighted by Crippen LogP contribution is 2.13. The Balaban J connectivity index is 1.71. The SMILES string of the molecule is Cc1ccccc1NC(=O)CCn1cnc2c(cnn2C)c1=O. The molecule has 2 heterocycles. The molecule has 23 heavy (non-hydrogen) atoms. The fourth-order valence-corrected chi connectivity index (χ4v) is 2.37. The molecule has 7 heteroatoms. The van der Waals surface area contributed by atoms with E-state index in [0.717, 1.165) is 11.3 Å². The van der Waals surface area contributed by atoms with Gasteiger partial charge in [-0.25, -0.2) is 4.98 Å².